The number of aromatic nitrogens is 2. The maximum atomic E-state index is 12.8. The van der Waals surface area contributed by atoms with Gasteiger partial charge in [-0.2, -0.15) is 0 Å². The highest BCUT2D eigenvalue weighted by molar-refractivity contribution is 5.89. The summed E-state index contributed by atoms with van der Waals surface area (Å²) < 4.78 is 17.9. The standard InChI is InChI=1S/C25H33FN6O4/c1-16-15-36-13-12-32(16)22-19-8-11-31(23(33)25(2,3)35)14-20(19)29-21(30-22)17-4-6-18(7-5-17)28-24(34)27-10-9-26/h4-7,16,35H,8-15H2,1-3H3,(H2,27,28,34)/t16-/m0/s1. The molecular formula is C25H33FN6O4. The maximum absolute atomic E-state index is 12.8. The number of carbonyl (C=O) groups excluding carboxylic acids is 2. The number of halogens is 1. The summed E-state index contributed by atoms with van der Waals surface area (Å²) in [6.07, 6.45) is 0.591. The second kappa shape index (κ2) is 10.8. The van der Waals surface area contributed by atoms with Crippen LogP contribution in [0.5, 0.6) is 0 Å². The second-order valence-electron chi connectivity index (χ2n) is 9.60. The molecule has 3 heterocycles. The van der Waals surface area contributed by atoms with E-state index in [1.54, 1.807) is 17.0 Å². The molecule has 1 saturated heterocycles. The Balaban J connectivity index is 1.66. The molecule has 2 aliphatic rings. The van der Waals surface area contributed by atoms with E-state index in [9.17, 15) is 19.1 Å². The topological polar surface area (TPSA) is 120 Å². The summed E-state index contributed by atoms with van der Waals surface area (Å²) in [5.41, 5.74) is 1.60. The van der Waals surface area contributed by atoms with Crippen molar-refractivity contribution >= 4 is 23.4 Å². The van der Waals surface area contributed by atoms with E-state index in [0.29, 0.717) is 44.2 Å². The third-order valence-electron chi connectivity index (χ3n) is 6.27. The number of carbonyl (C=O) groups is 2. The second-order valence-corrected chi connectivity index (χ2v) is 9.60. The first-order valence-corrected chi connectivity index (χ1v) is 12.1. The number of anilines is 2. The minimum atomic E-state index is -1.46. The summed E-state index contributed by atoms with van der Waals surface area (Å²) in [4.78, 5) is 38.2. The van der Waals surface area contributed by atoms with E-state index >= 15 is 0 Å². The van der Waals surface area contributed by atoms with Gasteiger partial charge >= 0.3 is 6.03 Å². The van der Waals surface area contributed by atoms with E-state index in [2.05, 4.69) is 22.5 Å². The number of aliphatic hydroxyl groups is 1. The summed E-state index contributed by atoms with van der Waals surface area (Å²) in [5, 5.41) is 15.3. The predicted molar refractivity (Wildman–Crippen MR) is 134 cm³/mol. The molecule has 0 saturated carbocycles. The number of morpholine rings is 1. The van der Waals surface area contributed by atoms with Crippen molar-refractivity contribution in [2.75, 3.05) is 49.7 Å². The largest absolute Gasteiger partial charge is 0.381 e. The summed E-state index contributed by atoms with van der Waals surface area (Å²) in [6.45, 7) is 7.06. The van der Waals surface area contributed by atoms with Crippen LogP contribution in [0.3, 0.4) is 0 Å². The molecule has 1 aromatic carbocycles. The molecule has 0 radical (unpaired) electrons. The number of fused-ring (bicyclic) bond motifs is 1. The Morgan fingerprint density at radius 2 is 1.97 bits per heavy atom. The van der Waals surface area contributed by atoms with Crippen molar-refractivity contribution in [1.29, 1.82) is 0 Å². The molecule has 0 bridgehead atoms. The normalized spacial score (nSPS) is 18.0. The number of hydrogen-bond acceptors (Lipinski definition) is 7. The highest BCUT2D eigenvalue weighted by Crippen LogP contribution is 2.32. The molecule has 0 unspecified atom stereocenters. The molecule has 1 fully saturated rings. The summed E-state index contributed by atoms with van der Waals surface area (Å²) in [6, 6.07) is 6.73. The van der Waals surface area contributed by atoms with Gasteiger partial charge in [0.15, 0.2) is 5.82 Å². The number of hydrogen-bond donors (Lipinski definition) is 3. The number of rotatable bonds is 6. The first-order chi connectivity index (χ1) is 17.2. The Labute approximate surface area is 209 Å². The number of alkyl halides is 1. The van der Waals surface area contributed by atoms with Crippen LogP contribution < -0.4 is 15.5 Å². The van der Waals surface area contributed by atoms with Gasteiger partial charge in [0, 0.05) is 36.4 Å². The van der Waals surface area contributed by atoms with Crippen molar-refractivity contribution in [3.63, 3.8) is 0 Å². The third kappa shape index (κ3) is 5.73. The number of amides is 3. The van der Waals surface area contributed by atoms with Crippen LogP contribution in [-0.2, 0) is 22.5 Å². The van der Waals surface area contributed by atoms with Gasteiger partial charge in [-0.3, -0.25) is 4.79 Å². The van der Waals surface area contributed by atoms with Crippen LogP contribution in [-0.4, -0.2) is 83.1 Å². The summed E-state index contributed by atoms with van der Waals surface area (Å²) in [7, 11) is 0. The first kappa shape index (κ1) is 25.8. The number of nitrogens with one attached hydrogen (secondary N) is 2. The lowest BCUT2D eigenvalue weighted by Crippen LogP contribution is -2.48. The molecule has 1 atom stereocenters. The van der Waals surface area contributed by atoms with E-state index in [1.807, 2.05) is 12.1 Å². The monoisotopic (exact) mass is 500 g/mol. The fourth-order valence-corrected chi connectivity index (χ4v) is 4.42. The molecule has 3 amide bonds. The lowest BCUT2D eigenvalue weighted by atomic mass is 10.0. The lowest BCUT2D eigenvalue weighted by molar-refractivity contribution is -0.148. The van der Waals surface area contributed by atoms with Gasteiger partial charge in [-0.15, -0.1) is 0 Å². The van der Waals surface area contributed by atoms with E-state index in [4.69, 9.17) is 14.7 Å². The Morgan fingerprint density at radius 1 is 1.22 bits per heavy atom. The minimum absolute atomic E-state index is 0.0530. The Bertz CT molecular complexity index is 1100. The molecule has 0 aliphatic carbocycles. The molecular weight excluding hydrogens is 467 g/mol. The predicted octanol–water partition coefficient (Wildman–Crippen LogP) is 2.12. The maximum Gasteiger partial charge on any atom is 0.319 e. The molecule has 3 N–H and O–H groups in total. The van der Waals surface area contributed by atoms with Gasteiger partial charge in [-0.05, 0) is 51.5 Å². The van der Waals surface area contributed by atoms with Gasteiger partial charge in [0.1, 0.15) is 18.1 Å². The number of nitrogens with zero attached hydrogens (tertiary/aromatic N) is 4. The fraction of sp³-hybridized carbons (Fsp3) is 0.520. The smallest absolute Gasteiger partial charge is 0.319 e. The van der Waals surface area contributed by atoms with Gasteiger partial charge in [0.2, 0.25) is 0 Å². The van der Waals surface area contributed by atoms with Crippen LogP contribution in [0.2, 0.25) is 0 Å². The average Bonchev–Trinajstić information content (AvgIpc) is 2.86. The highest BCUT2D eigenvalue weighted by Gasteiger charge is 2.34. The van der Waals surface area contributed by atoms with Crippen LogP contribution in [0, 0.1) is 0 Å². The molecule has 194 valence electrons. The van der Waals surface area contributed by atoms with Crippen molar-refractivity contribution in [3.05, 3.63) is 35.5 Å². The molecule has 11 heteroatoms. The zero-order chi connectivity index (χ0) is 25.9. The Kier molecular flexibility index (Phi) is 7.70. The minimum Gasteiger partial charge on any atom is -0.381 e. The SMILES string of the molecule is C[C@H]1COCCN1c1nc(-c2ccc(NC(=O)NCCF)cc2)nc2c1CCN(C(=O)C(C)(C)O)C2. The van der Waals surface area contributed by atoms with Gasteiger partial charge in [0.05, 0.1) is 31.5 Å². The van der Waals surface area contributed by atoms with Gasteiger partial charge in [0.25, 0.3) is 5.91 Å². The third-order valence-corrected chi connectivity index (χ3v) is 6.27. The van der Waals surface area contributed by atoms with Crippen LogP contribution in [0.1, 0.15) is 32.0 Å². The van der Waals surface area contributed by atoms with Crippen molar-refractivity contribution in [2.24, 2.45) is 0 Å². The Morgan fingerprint density at radius 3 is 2.64 bits per heavy atom. The van der Waals surface area contributed by atoms with E-state index in [0.717, 1.165) is 22.6 Å². The van der Waals surface area contributed by atoms with E-state index in [1.165, 1.54) is 13.8 Å². The van der Waals surface area contributed by atoms with Crippen LogP contribution in [0.4, 0.5) is 20.7 Å². The van der Waals surface area contributed by atoms with Gasteiger partial charge in [-0.25, -0.2) is 19.2 Å². The fourth-order valence-electron chi connectivity index (χ4n) is 4.42. The summed E-state index contributed by atoms with van der Waals surface area (Å²) >= 11 is 0. The zero-order valence-corrected chi connectivity index (χ0v) is 20.9. The van der Waals surface area contributed by atoms with Gasteiger partial charge < -0.3 is 30.3 Å². The quantitative estimate of drug-likeness (QED) is 0.556. The number of urea groups is 1. The summed E-state index contributed by atoms with van der Waals surface area (Å²) in [5.74, 6) is 1.01. The van der Waals surface area contributed by atoms with Crippen LogP contribution in [0.25, 0.3) is 11.4 Å². The van der Waals surface area contributed by atoms with Crippen LogP contribution >= 0.6 is 0 Å². The zero-order valence-electron chi connectivity index (χ0n) is 20.9. The molecule has 1 aromatic heterocycles. The number of ether oxygens (including phenoxy) is 1. The average molecular weight is 501 g/mol. The van der Waals surface area contributed by atoms with E-state index in [-0.39, 0.29) is 25.0 Å². The molecule has 2 aromatic rings. The van der Waals surface area contributed by atoms with Crippen molar-refractivity contribution in [1.82, 2.24) is 20.2 Å². The van der Waals surface area contributed by atoms with Crippen molar-refractivity contribution in [2.45, 2.75) is 45.4 Å². The van der Waals surface area contributed by atoms with Gasteiger partial charge in [-0.1, -0.05) is 0 Å². The lowest BCUT2D eigenvalue weighted by Gasteiger charge is -2.38. The van der Waals surface area contributed by atoms with Crippen LogP contribution in [0.15, 0.2) is 24.3 Å². The van der Waals surface area contributed by atoms with E-state index < -0.39 is 18.3 Å². The molecule has 0 spiro atoms. The molecule has 4 rings (SSSR count). The highest BCUT2D eigenvalue weighted by atomic mass is 19.1. The molecule has 2 aliphatic heterocycles. The number of benzene rings is 1. The first-order valence-electron chi connectivity index (χ1n) is 12.1. The molecule has 36 heavy (non-hydrogen) atoms. The molecule has 10 nitrogen and oxygen atoms in total. The van der Waals surface area contributed by atoms with Crippen molar-refractivity contribution < 1.29 is 23.8 Å². The Hall–Kier alpha value is -3.31. The van der Waals surface area contributed by atoms with Crippen molar-refractivity contribution in [3.8, 4) is 11.4 Å².